The number of ether oxygens (including phenoxy) is 1. The quantitative estimate of drug-likeness (QED) is 0.813. The first-order valence-electron chi connectivity index (χ1n) is 9.67. The Bertz CT molecular complexity index is 806. The number of hydrogen-bond donors (Lipinski definition) is 1. The lowest BCUT2D eigenvalue weighted by Gasteiger charge is -2.31. The van der Waals surface area contributed by atoms with E-state index in [0.29, 0.717) is 23.7 Å². The molecule has 4 rings (SSSR count). The lowest BCUT2D eigenvalue weighted by molar-refractivity contribution is -0.125. The van der Waals surface area contributed by atoms with Gasteiger partial charge in [-0.05, 0) is 18.1 Å². The van der Waals surface area contributed by atoms with Crippen molar-refractivity contribution in [2.24, 2.45) is 0 Å². The van der Waals surface area contributed by atoms with Gasteiger partial charge in [0.2, 0.25) is 0 Å². The van der Waals surface area contributed by atoms with Gasteiger partial charge >= 0.3 is 6.03 Å². The minimum Gasteiger partial charge on any atom is -0.379 e. The second-order valence-electron chi connectivity index (χ2n) is 7.36. The Morgan fingerprint density at radius 3 is 2.68 bits per heavy atom. The van der Waals surface area contributed by atoms with Crippen molar-refractivity contribution in [3.8, 4) is 0 Å². The van der Waals surface area contributed by atoms with E-state index in [9.17, 15) is 9.59 Å². The molecule has 28 heavy (non-hydrogen) atoms. The summed E-state index contributed by atoms with van der Waals surface area (Å²) in [5.74, 6) is -0.0197. The Hall–Kier alpha value is -2.09. The van der Waals surface area contributed by atoms with Crippen molar-refractivity contribution >= 4 is 23.5 Å². The number of carbonyl (C=O) groups is 2. The van der Waals surface area contributed by atoms with E-state index in [1.54, 1.807) is 18.0 Å². The highest BCUT2D eigenvalue weighted by atomic mass is 35.5. The van der Waals surface area contributed by atoms with Crippen molar-refractivity contribution in [3.05, 3.63) is 46.1 Å². The third-order valence-electron chi connectivity index (χ3n) is 5.66. The smallest absolute Gasteiger partial charge is 0.322 e. The van der Waals surface area contributed by atoms with Crippen molar-refractivity contribution < 1.29 is 14.3 Å². The number of benzene rings is 1. The summed E-state index contributed by atoms with van der Waals surface area (Å²) in [6, 6.07) is 6.62. The Morgan fingerprint density at radius 2 is 1.93 bits per heavy atom. The molecule has 1 N–H and O–H groups in total. The van der Waals surface area contributed by atoms with Gasteiger partial charge in [-0.3, -0.25) is 14.6 Å². The van der Waals surface area contributed by atoms with Gasteiger partial charge in [-0.15, -0.1) is 0 Å². The van der Waals surface area contributed by atoms with Crippen LogP contribution in [0.25, 0.3) is 0 Å². The topological polar surface area (TPSA) is 65.1 Å². The van der Waals surface area contributed by atoms with E-state index in [0.717, 1.165) is 50.5 Å². The molecule has 1 aromatic carbocycles. The molecule has 150 valence electrons. The van der Waals surface area contributed by atoms with E-state index in [-0.39, 0.29) is 11.9 Å². The molecule has 0 aromatic heterocycles. The molecule has 0 saturated carbocycles. The highest BCUT2D eigenvalue weighted by Crippen LogP contribution is 2.37. The fraction of sp³-hybridized carbons (Fsp3) is 0.500. The minimum atomic E-state index is -0.510. The van der Waals surface area contributed by atoms with Crippen molar-refractivity contribution in [1.29, 1.82) is 0 Å². The van der Waals surface area contributed by atoms with Gasteiger partial charge in [0.15, 0.2) is 0 Å². The van der Waals surface area contributed by atoms with E-state index in [4.69, 9.17) is 16.3 Å². The van der Waals surface area contributed by atoms with E-state index in [2.05, 4.69) is 10.2 Å². The van der Waals surface area contributed by atoms with Crippen LogP contribution in [0.4, 0.5) is 4.79 Å². The summed E-state index contributed by atoms with van der Waals surface area (Å²) in [5.41, 5.74) is 2.15. The molecule has 0 aliphatic carbocycles. The van der Waals surface area contributed by atoms with Crippen LogP contribution in [0, 0.1) is 0 Å². The molecule has 3 heterocycles. The maximum atomic E-state index is 13.2. The van der Waals surface area contributed by atoms with E-state index in [1.165, 1.54) is 0 Å². The minimum absolute atomic E-state index is 0.0197. The summed E-state index contributed by atoms with van der Waals surface area (Å²) < 4.78 is 5.38. The van der Waals surface area contributed by atoms with Crippen LogP contribution < -0.4 is 5.32 Å². The number of halogens is 1. The third kappa shape index (κ3) is 3.62. The molecular formula is C20H25ClN4O3. The van der Waals surface area contributed by atoms with Gasteiger partial charge in [0.25, 0.3) is 5.91 Å². The second-order valence-corrected chi connectivity index (χ2v) is 7.76. The molecule has 3 aliphatic rings. The van der Waals surface area contributed by atoms with Crippen molar-refractivity contribution in [2.75, 3.05) is 53.0 Å². The van der Waals surface area contributed by atoms with Gasteiger partial charge in [0.1, 0.15) is 0 Å². The number of amides is 3. The summed E-state index contributed by atoms with van der Waals surface area (Å²) in [5, 5.41) is 3.47. The summed E-state index contributed by atoms with van der Waals surface area (Å²) in [6.07, 6.45) is 0.897. The average Bonchev–Trinajstić information content (AvgIpc) is 3.03. The van der Waals surface area contributed by atoms with Gasteiger partial charge < -0.3 is 15.0 Å². The van der Waals surface area contributed by atoms with Gasteiger partial charge in [0.05, 0.1) is 37.1 Å². The Kier molecular flexibility index (Phi) is 5.57. The fourth-order valence-corrected chi connectivity index (χ4v) is 4.30. The number of nitrogens with zero attached hydrogens (tertiary/aromatic N) is 3. The zero-order chi connectivity index (χ0) is 19.7. The monoisotopic (exact) mass is 404 g/mol. The SMILES string of the molecule is CN1C(=O)N[C@@H](c2ccccc2Cl)C2=C1CN(CCCN1CCOCC1)C2=O. The molecule has 8 heteroatoms. The molecular weight excluding hydrogens is 380 g/mol. The van der Waals surface area contributed by atoms with Crippen LogP contribution in [0.2, 0.25) is 5.02 Å². The molecule has 0 radical (unpaired) electrons. The molecule has 1 aromatic rings. The van der Waals surface area contributed by atoms with Crippen LogP contribution in [-0.2, 0) is 9.53 Å². The van der Waals surface area contributed by atoms with Crippen molar-refractivity contribution in [1.82, 2.24) is 20.0 Å². The first kappa shape index (κ1) is 19.2. The fourth-order valence-electron chi connectivity index (χ4n) is 4.06. The standard InChI is InChI=1S/C20H25ClN4O3/c1-23-16-13-25(8-4-7-24-9-11-28-12-10-24)19(26)17(16)18(22-20(23)27)14-5-2-3-6-15(14)21/h2-3,5-6,18H,4,7-13H2,1H3,(H,22,27)/t18-/m0/s1. The maximum Gasteiger partial charge on any atom is 0.322 e. The predicted molar refractivity (Wildman–Crippen MR) is 106 cm³/mol. The van der Waals surface area contributed by atoms with Crippen molar-refractivity contribution in [3.63, 3.8) is 0 Å². The lowest BCUT2D eigenvalue weighted by atomic mass is 9.96. The number of carbonyl (C=O) groups excluding carboxylic acids is 2. The summed E-state index contributed by atoms with van der Waals surface area (Å²) in [4.78, 5) is 31.4. The molecule has 0 bridgehead atoms. The van der Waals surface area contributed by atoms with Gasteiger partial charge in [0, 0.05) is 38.2 Å². The summed E-state index contributed by atoms with van der Waals surface area (Å²) in [7, 11) is 1.71. The van der Waals surface area contributed by atoms with Crippen LogP contribution in [0.15, 0.2) is 35.5 Å². The number of hydrogen-bond acceptors (Lipinski definition) is 4. The van der Waals surface area contributed by atoms with E-state index < -0.39 is 6.04 Å². The molecule has 3 aliphatic heterocycles. The Balaban J connectivity index is 1.49. The summed E-state index contributed by atoms with van der Waals surface area (Å²) >= 11 is 6.36. The number of likely N-dealkylation sites (N-methyl/N-ethyl adjacent to an activating group) is 1. The molecule has 1 saturated heterocycles. The normalized spacial score (nSPS) is 23.3. The molecule has 3 amide bonds. The maximum absolute atomic E-state index is 13.2. The van der Waals surface area contributed by atoms with Crippen LogP contribution in [0.3, 0.4) is 0 Å². The Morgan fingerprint density at radius 1 is 1.18 bits per heavy atom. The predicted octanol–water partition coefficient (Wildman–Crippen LogP) is 1.85. The first-order valence-corrected chi connectivity index (χ1v) is 10.0. The first-order chi connectivity index (χ1) is 13.6. The summed E-state index contributed by atoms with van der Waals surface area (Å²) in [6.45, 7) is 5.51. The van der Waals surface area contributed by atoms with Crippen molar-refractivity contribution in [2.45, 2.75) is 12.5 Å². The molecule has 1 fully saturated rings. The zero-order valence-corrected chi connectivity index (χ0v) is 16.7. The van der Waals surface area contributed by atoms with Crippen LogP contribution in [0.1, 0.15) is 18.0 Å². The molecule has 0 unspecified atom stereocenters. The third-order valence-corrected chi connectivity index (χ3v) is 6.00. The molecule has 7 nitrogen and oxygen atoms in total. The zero-order valence-electron chi connectivity index (χ0n) is 16.0. The van der Waals surface area contributed by atoms with Gasteiger partial charge in [-0.25, -0.2) is 4.79 Å². The van der Waals surface area contributed by atoms with Crippen LogP contribution in [-0.4, -0.2) is 79.6 Å². The number of rotatable bonds is 5. The highest BCUT2D eigenvalue weighted by molar-refractivity contribution is 6.31. The van der Waals surface area contributed by atoms with Crippen LogP contribution in [0.5, 0.6) is 0 Å². The van der Waals surface area contributed by atoms with E-state index in [1.807, 2.05) is 23.1 Å². The number of morpholine rings is 1. The van der Waals surface area contributed by atoms with E-state index >= 15 is 0 Å². The van der Waals surface area contributed by atoms with Gasteiger partial charge in [-0.2, -0.15) is 0 Å². The number of urea groups is 1. The van der Waals surface area contributed by atoms with Gasteiger partial charge in [-0.1, -0.05) is 29.8 Å². The number of nitrogens with one attached hydrogen (secondary N) is 1. The second kappa shape index (κ2) is 8.11. The molecule has 1 atom stereocenters. The molecule has 0 spiro atoms. The highest BCUT2D eigenvalue weighted by Gasteiger charge is 2.43. The Labute approximate surface area is 169 Å². The largest absolute Gasteiger partial charge is 0.379 e. The lowest BCUT2D eigenvalue weighted by Crippen LogP contribution is -2.45. The average molecular weight is 405 g/mol. The van der Waals surface area contributed by atoms with Crippen LogP contribution >= 0.6 is 11.6 Å².